The Morgan fingerprint density at radius 3 is 2.73 bits per heavy atom. The van der Waals surface area contributed by atoms with Gasteiger partial charge in [0, 0.05) is 13.7 Å². The molecule has 0 bridgehead atoms. The lowest BCUT2D eigenvalue weighted by Gasteiger charge is -2.22. The Labute approximate surface area is 89.0 Å². The third-order valence-corrected chi connectivity index (χ3v) is 2.68. The lowest BCUT2D eigenvalue weighted by molar-refractivity contribution is -0.146. The molecule has 15 heavy (non-hydrogen) atoms. The van der Waals surface area contributed by atoms with Gasteiger partial charge in [-0.2, -0.15) is 0 Å². The summed E-state index contributed by atoms with van der Waals surface area (Å²) in [5.74, 6) is -1.28. The molecular formula is C10H17NO4. The summed E-state index contributed by atoms with van der Waals surface area (Å²) < 4.78 is 5.40. The van der Waals surface area contributed by atoms with Crippen LogP contribution >= 0.6 is 0 Å². The molecule has 2 atom stereocenters. The molecule has 1 aliphatic rings. The first-order valence-electron chi connectivity index (χ1n) is 5.14. The van der Waals surface area contributed by atoms with E-state index in [1.54, 1.807) is 0 Å². The first-order valence-corrected chi connectivity index (χ1v) is 5.14. The third-order valence-electron chi connectivity index (χ3n) is 2.68. The molecule has 0 aliphatic carbocycles. The van der Waals surface area contributed by atoms with Crippen molar-refractivity contribution in [2.45, 2.75) is 25.9 Å². The molecule has 1 heterocycles. The minimum absolute atomic E-state index is 0.0475. The summed E-state index contributed by atoms with van der Waals surface area (Å²) in [7, 11) is 1.52. The number of hydrogen-bond donors (Lipinski definition) is 1. The highest BCUT2D eigenvalue weighted by Gasteiger charge is 2.34. The maximum absolute atomic E-state index is 11.8. The van der Waals surface area contributed by atoms with Crippen LogP contribution in [0.2, 0.25) is 0 Å². The Bertz CT molecular complexity index is 254. The van der Waals surface area contributed by atoms with Crippen LogP contribution in [0.15, 0.2) is 0 Å². The van der Waals surface area contributed by atoms with Crippen LogP contribution in [0.5, 0.6) is 0 Å². The molecule has 0 aromatic heterocycles. The van der Waals surface area contributed by atoms with Crippen LogP contribution in [0, 0.1) is 5.92 Å². The molecule has 0 spiro atoms. The van der Waals surface area contributed by atoms with Crippen molar-refractivity contribution in [3.05, 3.63) is 0 Å². The number of carbonyl (C=O) groups excluding carboxylic acids is 1. The predicted octanol–water partition coefficient (Wildman–Crippen LogP) is 0.344. The van der Waals surface area contributed by atoms with E-state index in [0.717, 1.165) is 6.42 Å². The van der Waals surface area contributed by atoms with Crippen LogP contribution in [-0.2, 0) is 14.3 Å². The first kappa shape index (κ1) is 12.0. The van der Waals surface area contributed by atoms with Crippen molar-refractivity contribution in [2.75, 3.05) is 20.2 Å². The number of amides is 1. The summed E-state index contributed by atoms with van der Waals surface area (Å²) in [6.07, 6.45) is 1.44. The molecule has 86 valence electrons. The number of nitrogens with zero attached hydrogens (tertiary/aromatic N) is 1. The van der Waals surface area contributed by atoms with Gasteiger partial charge in [-0.25, -0.2) is 0 Å². The van der Waals surface area contributed by atoms with E-state index in [0.29, 0.717) is 13.0 Å². The van der Waals surface area contributed by atoms with E-state index in [4.69, 9.17) is 9.84 Å². The standard InChI is InChI=1S/C10H17NO4/c1-3-8-7(4-5-15-8)10(14)11(2)6-9(12)13/h7-8H,3-6H2,1-2H3,(H,12,13). The highest BCUT2D eigenvalue weighted by atomic mass is 16.5. The van der Waals surface area contributed by atoms with Gasteiger partial charge in [-0.3, -0.25) is 9.59 Å². The van der Waals surface area contributed by atoms with Crippen molar-refractivity contribution in [1.82, 2.24) is 4.90 Å². The van der Waals surface area contributed by atoms with Crippen LogP contribution in [0.25, 0.3) is 0 Å². The molecule has 1 amide bonds. The number of hydrogen-bond acceptors (Lipinski definition) is 3. The molecule has 5 nitrogen and oxygen atoms in total. The van der Waals surface area contributed by atoms with Crippen molar-refractivity contribution in [1.29, 1.82) is 0 Å². The summed E-state index contributed by atoms with van der Waals surface area (Å²) in [6, 6.07) is 0. The summed E-state index contributed by atoms with van der Waals surface area (Å²) in [6.45, 7) is 2.31. The van der Waals surface area contributed by atoms with Crippen LogP contribution in [0.3, 0.4) is 0 Å². The SMILES string of the molecule is CCC1OCCC1C(=O)N(C)CC(=O)O. The first-order chi connectivity index (χ1) is 7.06. The summed E-state index contributed by atoms with van der Waals surface area (Å²) >= 11 is 0. The number of ether oxygens (including phenoxy) is 1. The lowest BCUT2D eigenvalue weighted by atomic mass is 9.98. The molecule has 0 saturated carbocycles. The van der Waals surface area contributed by atoms with Crippen molar-refractivity contribution >= 4 is 11.9 Å². The fraction of sp³-hybridized carbons (Fsp3) is 0.800. The van der Waals surface area contributed by atoms with E-state index in [9.17, 15) is 9.59 Å². The predicted molar refractivity (Wildman–Crippen MR) is 53.4 cm³/mol. The van der Waals surface area contributed by atoms with Gasteiger partial charge in [-0.1, -0.05) is 6.92 Å². The van der Waals surface area contributed by atoms with Gasteiger partial charge in [0.1, 0.15) is 6.54 Å². The summed E-state index contributed by atoms with van der Waals surface area (Å²) in [5, 5.41) is 8.57. The van der Waals surface area contributed by atoms with Gasteiger partial charge in [0.05, 0.1) is 12.0 Å². The van der Waals surface area contributed by atoms with Crippen LogP contribution in [-0.4, -0.2) is 48.2 Å². The Balaban J connectivity index is 2.55. The van der Waals surface area contributed by atoms with Crippen molar-refractivity contribution in [3.8, 4) is 0 Å². The van der Waals surface area contributed by atoms with Gasteiger partial charge in [-0.05, 0) is 12.8 Å². The Morgan fingerprint density at radius 2 is 2.20 bits per heavy atom. The molecule has 1 N–H and O–H groups in total. The monoisotopic (exact) mass is 215 g/mol. The quantitative estimate of drug-likeness (QED) is 0.734. The van der Waals surface area contributed by atoms with Crippen molar-refractivity contribution in [3.63, 3.8) is 0 Å². The fourth-order valence-electron chi connectivity index (χ4n) is 1.90. The number of aliphatic carboxylic acids is 1. The Morgan fingerprint density at radius 1 is 1.53 bits per heavy atom. The highest BCUT2D eigenvalue weighted by molar-refractivity contribution is 5.83. The van der Waals surface area contributed by atoms with E-state index in [1.807, 2.05) is 6.92 Å². The van der Waals surface area contributed by atoms with E-state index in [1.165, 1.54) is 11.9 Å². The molecule has 1 aliphatic heterocycles. The van der Waals surface area contributed by atoms with Gasteiger partial charge in [0.15, 0.2) is 0 Å². The number of carboxylic acids is 1. The Kier molecular flexibility index (Phi) is 4.08. The van der Waals surface area contributed by atoms with Crippen LogP contribution in [0.1, 0.15) is 19.8 Å². The van der Waals surface area contributed by atoms with Crippen molar-refractivity contribution < 1.29 is 19.4 Å². The second-order valence-electron chi connectivity index (χ2n) is 3.80. The molecule has 2 unspecified atom stereocenters. The average molecular weight is 215 g/mol. The van der Waals surface area contributed by atoms with Gasteiger partial charge >= 0.3 is 5.97 Å². The largest absolute Gasteiger partial charge is 0.480 e. The smallest absolute Gasteiger partial charge is 0.323 e. The molecule has 5 heteroatoms. The molecule has 0 aromatic carbocycles. The third kappa shape index (κ3) is 2.92. The molecular weight excluding hydrogens is 198 g/mol. The Hall–Kier alpha value is -1.10. The van der Waals surface area contributed by atoms with E-state index >= 15 is 0 Å². The van der Waals surface area contributed by atoms with Gasteiger partial charge in [0.2, 0.25) is 5.91 Å². The summed E-state index contributed by atoms with van der Waals surface area (Å²) in [5.41, 5.74) is 0. The average Bonchev–Trinajstić information content (AvgIpc) is 2.62. The maximum atomic E-state index is 11.8. The van der Waals surface area contributed by atoms with Crippen LogP contribution < -0.4 is 0 Å². The number of likely N-dealkylation sites (N-methyl/N-ethyl adjacent to an activating group) is 1. The number of carbonyl (C=O) groups is 2. The molecule has 1 fully saturated rings. The van der Waals surface area contributed by atoms with Crippen molar-refractivity contribution in [2.24, 2.45) is 5.92 Å². The van der Waals surface area contributed by atoms with Crippen LogP contribution in [0.4, 0.5) is 0 Å². The van der Waals surface area contributed by atoms with Gasteiger partial charge in [0.25, 0.3) is 0 Å². The zero-order valence-electron chi connectivity index (χ0n) is 9.10. The molecule has 0 radical (unpaired) electrons. The number of rotatable bonds is 4. The fourth-order valence-corrected chi connectivity index (χ4v) is 1.90. The second-order valence-corrected chi connectivity index (χ2v) is 3.80. The zero-order valence-corrected chi connectivity index (χ0v) is 9.10. The van der Waals surface area contributed by atoms with Gasteiger partial charge < -0.3 is 14.7 Å². The van der Waals surface area contributed by atoms with E-state index in [-0.39, 0.29) is 24.5 Å². The topological polar surface area (TPSA) is 66.8 Å². The zero-order chi connectivity index (χ0) is 11.4. The minimum Gasteiger partial charge on any atom is -0.480 e. The normalized spacial score (nSPS) is 25.2. The molecule has 1 saturated heterocycles. The van der Waals surface area contributed by atoms with E-state index in [2.05, 4.69) is 0 Å². The highest BCUT2D eigenvalue weighted by Crippen LogP contribution is 2.24. The number of carboxylic acid groups (broad SMARTS) is 1. The minimum atomic E-state index is -0.988. The van der Waals surface area contributed by atoms with Gasteiger partial charge in [-0.15, -0.1) is 0 Å². The maximum Gasteiger partial charge on any atom is 0.323 e. The lowest BCUT2D eigenvalue weighted by Crippen LogP contribution is -2.39. The molecule has 0 aromatic rings. The molecule has 1 rings (SSSR count). The second kappa shape index (κ2) is 5.11. The van der Waals surface area contributed by atoms with E-state index < -0.39 is 5.97 Å². The summed E-state index contributed by atoms with van der Waals surface area (Å²) in [4.78, 5) is 23.5.